The van der Waals surface area contributed by atoms with Crippen molar-refractivity contribution >= 4 is 47.1 Å². The SMILES string of the molecule is CN1C(=O)c2c([nH]c(=S)n2C)N(CC#Cc2cc(NC(=O)C3CC3)cc(NC(=O)C3CC3)c2)C1O. The van der Waals surface area contributed by atoms with Crippen molar-refractivity contribution in [2.45, 2.75) is 32.0 Å². The molecule has 1 unspecified atom stereocenters. The van der Waals surface area contributed by atoms with E-state index in [1.807, 2.05) is 0 Å². The maximum absolute atomic E-state index is 12.6. The van der Waals surface area contributed by atoms with E-state index in [0.29, 0.717) is 33.2 Å². The Morgan fingerprint density at radius 3 is 2.20 bits per heavy atom. The van der Waals surface area contributed by atoms with Crippen LogP contribution < -0.4 is 15.5 Å². The molecule has 3 aliphatic rings. The number of imidazole rings is 1. The molecule has 3 amide bonds. The Balaban J connectivity index is 1.40. The first-order chi connectivity index (χ1) is 16.7. The largest absolute Gasteiger partial charge is 0.356 e. The molecule has 2 fully saturated rings. The number of benzene rings is 1. The Labute approximate surface area is 207 Å². The van der Waals surface area contributed by atoms with Gasteiger partial charge in [-0.3, -0.25) is 19.3 Å². The molecule has 5 rings (SSSR count). The zero-order valence-electron chi connectivity index (χ0n) is 19.4. The number of H-pyrrole nitrogens is 1. The minimum atomic E-state index is -1.21. The third-order valence-corrected chi connectivity index (χ3v) is 6.75. The maximum atomic E-state index is 12.6. The molecule has 11 heteroatoms. The van der Waals surface area contributed by atoms with Gasteiger partial charge in [0.2, 0.25) is 18.2 Å². The number of nitrogens with zero attached hydrogens (tertiary/aromatic N) is 3. The van der Waals surface area contributed by atoms with Crippen LogP contribution in [0.4, 0.5) is 17.2 Å². The average molecular weight is 495 g/mol. The smallest absolute Gasteiger partial charge is 0.277 e. The van der Waals surface area contributed by atoms with Crippen molar-refractivity contribution in [2.75, 3.05) is 29.1 Å². The van der Waals surface area contributed by atoms with E-state index in [0.717, 1.165) is 25.7 Å². The van der Waals surface area contributed by atoms with Crippen molar-refractivity contribution in [3.8, 4) is 11.8 Å². The van der Waals surface area contributed by atoms with E-state index in [4.69, 9.17) is 12.2 Å². The molecule has 10 nitrogen and oxygen atoms in total. The van der Waals surface area contributed by atoms with Gasteiger partial charge in [0.25, 0.3) is 5.91 Å². The fraction of sp³-hybridized carbons (Fsp3) is 0.417. The van der Waals surface area contributed by atoms with Crippen LogP contribution in [0, 0.1) is 28.4 Å². The molecule has 35 heavy (non-hydrogen) atoms. The van der Waals surface area contributed by atoms with Gasteiger partial charge in [0, 0.05) is 42.9 Å². The molecular weight excluding hydrogens is 468 g/mol. The molecule has 2 aliphatic carbocycles. The fourth-order valence-corrected chi connectivity index (χ4v) is 4.15. The number of hydrogen-bond donors (Lipinski definition) is 4. The summed E-state index contributed by atoms with van der Waals surface area (Å²) < 4.78 is 1.93. The second kappa shape index (κ2) is 8.87. The Morgan fingerprint density at radius 2 is 1.66 bits per heavy atom. The monoisotopic (exact) mass is 494 g/mol. The highest BCUT2D eigenvalue weighted by molar-refractivity contribution is 7.71. The lowest BCUT2D eigenvalue weighted by molar-refractivity contribution is -0.118. The van der Waals surface area contributed by atoms with Crippen molar-refractivity contribution in [1.82, 2.24) is 14.5 Å². The van der Waals surface area contributed by atoms with Gasteiger partial charge in [-0.15, -0.1) is 0 Å². The van der Waals surface area contributed by atoms with E-state index in [2.05, 4.69) is 27.5 Å². The number of aromatic amines is 1. The van der Waals surface area contributed by atoms with Crippen LogP contribution in [0.2, 0.25) is 0 Å². The second-order valence-corrected chi connectivity index (χ2v) is 9.59. The predicted molar refractivity (Wildman–Crippen MR) is 132 cm³/mol. The summed E-state index contributed by atoms with van der Waals surface area (Å²) in [7, 11) is 3.19. The summed E-state index contributed by atoms with van der Waals surface area (Å²) >= 11 is 5.26. The second-order valence-electron chi connectivity index (χ2n) is 9.20. The topological polar surface area (TPSA) is 123 Å². The molecule has 0 spiro atoms. The molecule has 0 radical (unpaired) electrons. The number of aliphatic hydroxyl groups is 1. The van der Waals surface area contributed by atoms with Crippen LogP contribution in [0.25, 0.3) is 0 Å². The fourth-order valence-electron chi connectivity index (χ4n) is 3.97. The Bertz CT molecular complexity index is 1300. The van der Waals surface area contributed by atoms with Gasteiger partial charge in [-0.25, -0.2) is 0 Å². The number of aromatic nitrogens is 2. The molecule has 1 aromatic carbocycles. The highest BCUT2D eigenvalue weighted by Gasteiger charge is 2.37. The Kier molecular flexibility index (Phi) is 5.86. The third-order valence-electron chi connectivity index (χ3n) is 6.37. The minimum Gasteiger partial charge on any atom is -0.356 e. The van der Waals surface area contributed by atoms with Crippen LogP contribution in [0.5, 0.6) is 0 Å². The van der Waals surface area contributed by atoms with Gasteiger partial charge < -0.3 is 30.2 Å². The molecule has 1 atom stereocenters. The maximum Gasteiger partial charge on any atom is 0.277 e. The van der Waals surface area contributed by atoms with Crippen molar-refractivity contribution in [1.29, 1.82) is 0 Å². The van der Waals surface area contributed by atoms with Crippen molar-refractivity contribution < 1.29 is 19.5 Å². The van der Waals surface area contributed by atoms with Gasteiger partial charge in [0.05, 0.1) is 6.54 Å². The number of carbonyl (C=O) groups is 3. The molecule has 0 bridgehead atoms. The van der Waals surface area contributed by atoms with E-state index in [9.17, 15) is 19.5 Å². The van der Waals surface area contributed by atoms with Crippen LogP contribution in [-0.2, 0) is 16.6 Å². The van der Waals surface area contributed by atoms with Crippen LogP contribution in [-0.4, -0.2) is 57.2 Å². The molecule has 2 heterocycles. The normalized spacial score (nSPS) is 19.1. The Morgan fingerprint density at radius 1 is 1.09 bits per heavy atom. The first-order valence-electron chi connectivity index (χ1n) is 11.5. The molecule has 2 saturated carbocycles. The van der Waals surface area contributed by atoms with E-state index in [-0.39, 0.29) is 36.1 Å². The number of rotatable bonds is 5. The van der Waals surface area contributed by atoms with E-state index >= 15 is 0 Å². The number of nitrogens with one attached hydrogen (secondary N) is 3. The summed E-state index contributed by atoms with van der Waals surface area (Å²) in [5, 5.41) is 16.5. The molecule has 2 aromatic rings. The zero-order valence-corrected chi connectivity index (χ0v) is 20.2. The van der Waals surface area contributed by atoms with Crippen LogP contribution in [0.3, 0.4) is 0 Å². The van der Waals surface area contributed by atoms with Crippen molar-refractivity contribution in [3.63, 3.8) is 0 Å². The summed E-state index contributed by atoms with van der Waals surface area (Å²) in [6, 6.07) is 5.24. The number of aliphatic hydroxyl groups excluding tert-OH is 1. The summed E-state index contributed by atoms with van der Waals surface area (Å²) in [5.41, 5.74) is 2.08. The first-order valence-corrected chi connectivity index (χ1v) is 11.9. The quantitative estimate of drug-likeness (QED) is 0.373. The van der Waals surface area contributed by atoms with Crippen molar-refractivity contribution in [2.24, 2.45) is 18.9 Å². The van der Waals surface area contributed by atoms with E-state index in [1.165, 1.54) is 11.9 Å². The van der Waals surface area contributed by atoms with Crippen LogP contribution in [0.1, 0.15) is 41.7 Å². The number of anilines is 3. The van der Waals surface area contributed by atoms with Gasteiger partial charge in [-0.05, 0) is 56.1 Å². The van der Waals surface area contributed by atoms with Gasteiger partial charge in [-0.2, -0.15) is 0 Å². The minimum absolute atomic E-state index is 0.0365. The van der Waals surface area contributed by atoms with Crippen LogP contribution in [0.15, 0.2) is 18.2 Å². The lowest BCUT2D eigenvalue weighted by Crippen LogP contribution is -2.54. The average Bonchev–Trinajstić information content (AvgIpc) is 3.72. The summed E-state index contributed by atoms with van der Waals surface area (Å²) in [6.45, 7) is 0.101. The van der Waals surface area contributed by atoms with Crippen molar-refractivity contribution in [3.05, 3.63) is 34.2 Å². The summed E-state index contributed by atoms with van der Waals surface area (Å²) in [6.07, 6.45) is 2.33. The number of fused-ring (bicyclic) bond motifs is 1. The zero-order chi connectivity index (χ0) is 24.9. The molecular formula is C24H26N6O4S. The highest BCUT2D eigenvalue weighted by Crippen LogP contribution is 2.32. The lowest BCUT2D eigenvalue weighted by Gasteiger charge is -2.37. The van der Waals surface area contributed by atoms with Gasteiger partial charge in [0.1, 0.15) is 5.82 Å². The predicted octanol–water partition coefficient (Wildman–Crippen LogP) is 2.00. The highest BCUT2D eigenvalue weighted by atomic mass is 32.1. The number of amides is 3. The lowest BCUT2D eigenvalue weighted by atomic mass is 10.1. The standard InChI is InChI=1S/C24H26N6O4S/c1-28-18-19(27-23(28)35)30(24(34)29(2)22(18)33)9-3-4-13-10-16(25-20(31)14-5-6-14)12-17(11-13)26-21(32)15-7-8-15/h10-12,14-15,24,34H,5-9H2,1-2H3,(H,25,31)(H,26,32)(H,27,35). The molecule has 182 valence electrons. The van der Waals surface area contributed by atoms with Gasteiger partial charge in [0.15, 0.2) is 10.5 Å². The molecule has 1 aromatic heterocycles. The summed E-state index contributed by atoms with van der Waals surface area (Å²) in [5.74, 6) is 6.15. The number of carbonyl (C=O) groups excluding carboxylic acids is 3. The molecule has 4 N–H and O–H groups in total. The van der Waals surface area contributed by atoms with E-state index in [1.54, 1.807) is 34.7 Å². The first kappa shape index (κ1) is 23.1. The Hall–Kier alpha value is -3.62. The third kappa shape index (κ3) is 4.67. The molecule has 1 aliphatic heterocycles. The molecule has 0 saturated heterocycles. The van der Waals surface area contributed by atoms with Crippen LogP contribution >= 0.6 is 12.2 Å². The summed E-state index contributed by atoms with van der Waals surface area (Å²) in [4.78, 5) is 42.9. The number of hydrogen-bond acceptors (Lipinski definition) is 6. The van der Waals surface area contributed by atoms with Gasteiger partial charge in [-0.1, -0.05) is 11.8 Å². The van der Waals surface area contributed by atoms with E-state index < -0.39 is 6.35 Å². The van der Waals surface area contributed by atoms with Gasteiger partial charge >= 0.3 is 0 Å².